The summed E-state index contributed by atoms with van der Waals surface area (Å²) in [7, 11) is 0. The van der Waals surface area contributed by atoms with Crippen molar-refractivity contribution >= 4 is 22.8 Å². The number of H-pyrrole nitrogens is 1. The lowest BCUT2D eigenvalue weighted by atomic mass is 10.1. The molecule has 0 saturated carbocycles. The van der Waals surface area contributed by atoms with Gasteiger partial charge in [0, 0.05) is 23.2 Å². The number of hydrogen-bond acceptors (Lipinski definition) is 3. The lowest BCUT2D eigenvalue weighted by Gasteiger charge is -2.00. The van der Waals surface area contributed by atoms with Crippen LogP contribution in [0.5, 0.6) is 11.5 Å². The third-order valence-corrected chi connectivity index (χ3v) is 3.57. The van der Waals surface area contributed by atoms with E-state index >= 15 is 0 Å². The molecule has 2 N–H and O–H groups in total. The van der Waals surface area contributed by atoms with E-state index < -0.39 is 0 Å². The molecule has 0 radical (unpaired) electrons. The minimum Gasteiger partial charge on any atom is -0.508 e. The molecule has 4 heteroatoms. The van der Waals surface area contributed by atoms with Gasteiger partial charge in [-0.1, -0.05) is 12.1 Å². The number of aromatic nitrogens is 1. The number of hydrogen-bond donors (Lipinski definition) is 2. The maximum atomic E-state index is 12.3. The van der Waals surface area contributed by atoms with E-state index in [1.165, 1.54) is 12.1 Å². The van der Waals surface area contributed by atoms with Gasteiger partial charge in [0.15, 0.2) is 5.76 Å². The highest BCUT2D eigenvalue weighted by molar-refractivity contribution is 6.15. The lowest BCUT2D eigenvalue weighted by molar-refractivity contribution is 0.101. The van der Waals surface area contributed by atoms with Crippen molar-refractivity contribution in [2.45, 2.75) is 0 Å². The summed E-state index contributed by atoms with van der Waals surface area (Å²) < 4.78 is 5.57. The predicted molar refractivity (Wildman–Crippen MR) is 79.3 cm³/mol. The number of nitrogens with one attached hydrogen (secondary N) is 1. The van der Waals surface area contributed by atoms with Crippen molar-refractivity contribution in [1.29, 1.82) is 0 Å². The van der Waals surface area contributed by atoms with Crippen molar-refractivity contribution < 1.29 is 14.6 Å². The number of ether oxygens (including phenoxy) is 1. The Balaban J connectivity index is 1.82. The van der Waals surface area contributed by atoms with Crippen molar-refractivity contribution in [2.24, 2.45) is 0 Å². The summed E-state index contributed by atoms with van der Waals surface area (Å²) in [5, 5.41) is 10.5. The first-order valence-electron chi connectivity index (χ1n) is 6.56. The van der Waals surface area contributed by atoms with Gasteiger partial charge in [-0.05, 0) is 35.9 Å². The smallest absolute Gasteiger partial charge is 0.231 e. The summed E-state index contributed by atoms with van der Waals surface area (Å²) in [6.07, 6.45) is 3.59. The number of aromatic amines is 1. The third-order valence-electron chi connectivity index (χ3n) is 3.57. The largest absolute Gasteiger partial charge is 0.508 e. The van der Waals surface area contributed by atoms with Crippen LogP contribution in [-0.2, 0) is 0 Å². The first-order valence-corrected chi connectivity index (χ1v) is 6.56. The molecule has 0 unspecified atom stereocenters. The number of phenolic OH excluding ortho intramolecular Hbond substituents is 1. The fourth-order valence-electron chi connectivity index (χ4n) is 2.55. The molecule has 4 rings (SSSR count). The molecule has 0 amide bonds. The quantitative estimate of drug-likeness (QED) is 0.669. The van der Waals surface area contributed by atoms with Gasteiger partial charge in [0.2, 0.25) is 5.78 Å². The number of aromatic hydroxyl groups is 1. The van der Waals surface area contributed by atoms with Crippen LogP contribution in [0, 0.1) is 0 Å². The van der Waals surface area contributed by atoms with Gasteiger partial charge >= 0.3 is 0 Å². The maximum Gasteiger partial charge on any atom is 0.231 e. The highest BCUT2D eigenvalue weighted by atomic mass is 16.5. The SMILES string of the molecule is O=C1/C(=C/c2cccc3[nH]ccc23)Oc2cc(O)ccc21. The van der Waals surface area contributed by atoms with Gasteiger partial charge < -0.3 is 14.8 Å². The summed E-state index contributed by atoms with van der Waals surface area (Å²) in [6.45, 7) is 0. The molecule has 3 aromatic rings. The highest BCUT2D eigenvalue weighted by Crippen LogP contribution is 2.34. The summed E-state index contributed by atoms with van der Waals surface area (Å²) in [5.74, 6) is 0.574. The second kappa shape index (κ2) is 4.24. The first kappa shape index (κ1) is 11.8. The number of rotatable bonds is 1. The number of ketones is 1. The summed E-state index contributed by atoms with van der Waals surface area (Å²) in [4.78, 5) is 15.4. The van der Waals surface area contributed by atoms with Crippen LogP contribution < -0.4 is 4.74 Å². The van der Waals surface area contributed by atoms with Gasteiger partial charge in [0.05, 0.1) is 5.56 Å². The second-order valence-corrected chi connectivity index (χ2v) is 4.91. The van der Waals surface area contributed by atoms with E-state index in [-0.39, 0.29) is 17.3 Å². The minimum absolute atomic E-state index is 0.0792. The Labute approximate surface area is 120 Å². The molecule has 0 atom stereocenters. The Morgan fingerprint density at radius 3 is 2.95 bits per heavy atom. The molecule has 21 heavy (non-hydrogen) atoms. The molecule has 0 spiro atoms. The lowest BCUT2D eigenvalue weighted by Crippen LogP contribution is -1.98. The third kappa shape index (κ3) is 1.80. The van der Waals surface area contributed by atoms with Crippen LogP contribution in [0.25, 0.3) is 17.0 Å². The molecule has 1 aliphatic heterocycles. The Hall–Kier alpha value is -3.01. The summed E-state index contributed by atoms with van der Waals surface area (Å²) in [5.41, 5.74) is 2.39. The van der Waals surface area contributed by atoms with E-state index in [1.807, 2.05) is 30.5 Å². The van der Waals surface area contributed by atoms with E-state index in [0.717, 1.165) is 16.5 Å². The zero-order valence-electron chi connectivity index (χ0n) is 11.0. The topological polar surface area (TPSA) is 62.3 Å². The van der Waals surface area contributed by atoms with Crippen molar-refractivity contribution in [2.75, 3.05) is 0 Å². The number of carbonyl (C=O) groups is 1. The van der Waals surface area contributed by atoms with Crippen molar-refractivity contribution in [3.63, 3.8) is 0 Å². The van der Waals surface area contributed by atoms with Gasteiger partial charge in [-0.25, -0.2) is 0 Å². The number of benzene rings is 2. The van der Waals surface area contributed by atoms with Crippen molar-refractivity contribution in [3.05, 3.63) is 65.5 Å². The van der Waals surface area contributed by atoms with Crippen LogP contribution in [0.4, 0.5) is 0 Å². The van der Waals surface area contributed by atoms with Crippen molar-refractivity contribution in [3.8, 4) is 11.5 Å². The monoisotopic (exact) mass is 277 g/mol. The molecule has 0 fully saturated rings. The van der Waals surface area contributed by atoms with E-state index in [4.69, 9.17) is 4.74 Å². The van der Waals surface area contributed by atoms with Crippen LogP contribution >= 0.6 is 0 Å². The van der Waals surface area contributed by atoms with E-state index in [0.29, 0.717) is 11.3 Å². The zero-order valence-corrected chi connectivity index (χ0v) is 11.0. The van der Waals surface area contributed by atoms with Gasteiger partial charge in [-0.15, -0.1) is 0 Å². The molecule has 102 valence electrons. The Morgan fingerprint density at radius 2 is 2.05 bits per heavy atom. The molecule has 1 aromatic heterocycles. The van der Waals surface area contributed by atoms with Gasteiger partial charge in [0.1, 0.15) is 11.5 Å². The standard InChI is InChI=1S/C17H11NO3/c19-11-4-5-13-15(9-11)21-16(17(13)20)8-10-2-1-3-14-12(10)6-7-18-14/h1-9,18-19H/b16-8-. The van der Waals surface area contributed by atoms with Crippen LogP contribution in [-0.4, -0.2) is 15.9 Å². The fraction of sp³-hybridized carbons (Fsp3) is 0. The van der Waals surface area contributed by atoms with Crippen LogP contribution in [0.3, 0.4) is 0 Å². The Kier molecular flexibility index (Phi) is 2.38. The number of fused-ring (bicyclic) bond motifs is 2. The second-order valence-electron chi connectivity index (χ2n) is 4.91. The molecule has 0 aliphatic carbocycles. The van der Waals surface area contributed by atoms with Gasteiger partial charge in [-0.2, -0.15) is 0 Å². The number of phenols is 1. The molecule has 1 aliphatic rings. The molecular formula is C17H11NO3. The Bertz CT molecular complexity index is 905. The Morgan fingerprint density at radius 1 is 1.14 bits per heavy atom. The first-order chi connectivity index (χ1) is 10.2. The molecule has 0 saturated heterocycles. The number of Topliss-reactive ketones (excluding diaryl/α,β-unsaturated/α-hetero) is 1. The average molecular weight is 277 g/mol. The summed E-state index contributed by atoms with van der Waals surface area (Å²) >= 11 is 0. The molecule has 2 heterocycles. The van der Waals surface area contributed by atoms with Crippen LogP contribution in [0.2, 0.25) is 0 Å². The van der Waals surface area contributed by atoms with Crippen LogP contribution in [0.15, 0.2) is 54.4 Å². The maximum absolute atomic E-state index is 12.3. The molecular weight excluding hydrogens is 266 g/mol. The highest BCUT2D eigenvalue weighted by Gasteiger charge is 2.27. The predicted octanol–water partition coefficient (Wildman–Crippen LogP) is 3.49. The normalized spacial score (nSPS) is 15.4. The zero-order chi connectivity index (χ0) is 14.4. The fourth-order valence-corrected chi connectivity index (χ4v) is 2.55. The summed E-state index contributed by atoms with van der Waals surface area (Å²) in [6, 6.07) is 12.3. The molecule has 0 bridgehead atoms. The average Bonchev–Trinajstić information content (AvgIpc) is 3.05. The molecule has 2 aromatic carbocycles. The number of allylic oxidation sites excluding steroid dienone is 1. The number of carbonyl (C=O) groups excluding carboxylic acids is 1. The van der Waals surface area contributed by atoms with E-state index in [9.17, 15) is 9.90 Å². The minimum atomic E-state index is -0.169. The van der Waals surface area contributed by atoms with Crippen LogP contribution in [0.1, 0.15) is 15.9 Å². The van der Waals surface area contributed by atoms with E-state index in [1.54, 1.807) is 12.1 Å². The van der Waals surface area contributed by atoms with Crippen molar-refractivity contribution in [1.82, 2.24) is 4.98 Å². The van der Waals surface area contributed by atoms with Gasteiger partial charge in [0.25, 0.3) is 0 Å². The van der Waals surface area contributed by atoms with E-state index in [2.05, 4.69) is 4.98 Å². The molecule has 4 nitrogen and oxygen atoms in total. The van der Waals surface area contributed by atoms with Gasteiger partial charge in [-0.3, -0.25) is 4.79 Å².